The van der Waals surface area contributed by atoms with Gasteiger partial charge in [0.1, 0.15) is 11.5 Å². The summed E-state index contributed by atoms with van der Waals surface area (Å²) in [6, 6.07) is 1.61. The van der Waals surface area contributed by atoms with E-state index in [1.807, 2.05) is 13.8 Å². The van der Waals surface area contributed by atoms with Crippen molar-refractivity contribution in [2.24, 2.45) is 0 Å². The number of carbonyl (C=O) groups is 1. The third-order valence-corrected chi connectivity index (χ3v) is 3.33. The summed E-state index contributed by atoms with van der Waals surface area (Å²) in [5.74, 6) is 0.499. The van der Waals surface area contributed by atoms with E-state index >= 15 is 0 Å². The zero-order valence-electron chi connectivity index (χ0n) is 11.1. The summed E-state index contributed by atoms with van der Waals surface area (Å²) in [7, 11) is 0. The molecule has 0 aliphatic heterocycles. The summed E-state index contributed by atoms with van der Waals surface area (Å²) in [5.41, 5.74) is 1.89. The molecule has 0 amide bonds. The van der Waals surface area contributed by atoms with Crippen LogP contribution in [-0.4, -0.2) is 25.5 Å². The normalized spacial score (nSPS) is 10.7. The number of ketones is 1. The molecule has 0 bridgehead atoms. The number of hydrogen-bond donors (Lipinski definition) is 0. The molecule has 0 N–H and O–H groups in total. The van der Waals surface area contributed by atoms with Crippen molar-refractivity contribution < 1.29 is 4.79 Å². The molecular weight excluding hydrogens is 264 g/mol. The number of aromatic nitrogens is 4. The molecule has 2 aromatic heterocycles. The van der Waals surface area contributed by atoms with Gasteiger partial charge >= 0.3 is 0 Å². The van der Waals surface area contributed by atoms with E-state index in [2.05, 4.69) is 15.1 Å². The molecule has 2 aromatic rings. The standard InChI is InChI=1S/C13H15ClN4O/c1-4-18-11(13(14)8(2)17-18)7-12(19)10-5-6-15-9(3)16-10/h5-6H,4,7H2,1-3H3. The minimum Gasteiger partial charge on any atom is -0.292 e. The van der Waals surface area contributed by atoms with Crippen molar-refractivity contribution in [2.45, 2.75) is 33.7 Å². The Morgan fingerprint density at radius 2 is 2.16 bits per heavy atom. The van der Waals surface area contributed by atoms with Crippen molar-refractivity contribution in [1.29, 1.82) is 0 Å². The van der Waals surface area contributed by atoms with E-state index in [1.54, 1.807) is 23.9 Å². The lowest BCUT2D eigenvalue weighted by molar-refractivity contribution is 0.0985. The molecule has 5 nitrogen and oxygen atoms in total. The molecule has 0 atom stereocenters. The average molecular weight is 279 g/mol. The van der Waals surface area contributed by atoms with Gasteiger partial charge in [0.2, 0.25) is 0 Å². The quantitative estimate of drug-likeness (QED) is 0.806. The second-order valence-electron chi connectivity index (χ2n) is 4.25. The Kier molecular flexibility index (Phi) is 3.95. The van der Waals surface area contributed by atoms with Gasteiger partial charge in [-0.25, -0.2) is 9.97 Å². The number of aryl methyl sites for hydroxylation is 3. The molecule has 0 fully saturated rings. The zero-order chi connectivity index (χ0) is 14.0. The molecule has 0 unspecified atom stereocenters. The number of Topliss-reactive ketones (excluding diaryl/α,β-unsaturated/α-hetero) is 1. The highest BCUT2D eigenvalue weighted by molar-refractivity contribution is 6.32. The number of carbonyl (C=O) groups excluding carboxylic acids is 1. The van der Waals surface area contributed by atoms with Crippen LogP contribution in [0.1, 0.15) is 34.6 Å². The van der Waals surface area contributed by atoms with E-state index in [9.17, 15) is 4.79 Å². The summed E-state index contributed by atoms with van der Waals surface area (Å²) >= 11 is 6.19. The van der Waals surface area contributed by atoms with Crippen molar-refractivity contribution in [3.05, 3.63) is 40.2 Å². The molecule has 6 heteroatoms. The van der Waals surface area contributed by atoms with Crippen molar-refractivity contribution >= 4 is 17.4 Å². The first-order valence-electron chi connectivity index (χ1n) is 6.07. The Labute approximate surface area is 116 Å². The maximum absolute atomic E-state index is 12.2. The Bertz CT molecular complexity index is 621. The van der Waals surface area contributed by atoms with Gasteiger partial charge in [-0.1, -0.05) is 11.6 Å². The SMILES string of the molecule is CCn1nc(C)c(Cl)c1CC(=O)c1ccnc(C)n1. The van der Waals surface area contributed by atoms with E-state index in [1.165, 1.54) is 0 Å². The summed E-state index contributed by atoms with van der Waals surface area (Å²) < 4.78 is 1.75. The van der Waals surface area contributed by atoms with Gasteiger partial charge in [0.05, 0.1) is 22.8 Å². The van der Waals surface area contributed by atoms with Gasteiger partial charge in [0.15, 0.2) is 5.78 Å². The van der Waals surface area contributed by atoms with Gasteiger partial charge in [-0.2, -0.15) is 5.10 Å². The molecule has 100 valence electrons. The first-order chi connectivity index (χ1) is 9.02. The molecule has 19 heavy (non-hydrogen) atoms. The van der Waals surface area contributed by atoms with Crippen LogP contribution in [-0.2, 0) is 13.0 Å². The fraction of sp³-hybridized carbons (Fsp3) is 0.385. The number of rotatable bonds is 4. The van der Waals surface area contributed by atoms with Gasteiger partial charge < -0.3 is 0 Å². The Morgan fingerprint density at radius 1 is 1.42 bits per heavy atom. The van der Waals surface area contributed by atoms with Gasteiger partial charge in [-0.05, 0) is 26.8 Å². The summed E-state index contributed by atoms with van der Waals surface area (Å²) in [5, 5.41) is 4.85. The minimum absolute atomic E-state index is 0.0815. The fourth-order valence-electron chi connectivity index (χ4n) is 1.89. The van der Waals surface area contributed by atoms with Crippen LogP contribution in [0, 0.1) is 13.8 Å². The van der Waals surface area contributed by atoms with E-state index in [4.69, 9.17) is 11.6 Å². The summed E-state index contributed by atoms with van der Waals surface area (Å²) in [6.45, 7) is 6.23. The molecular formula is C13H15ClN4O. The second-order valence-corrected chi connectivity index (χ2v) is 4.63. The van der Waals surface area contributed by atoms with E-state index in [0.717, 1.165) is 11.4 Å². The van der Waals surface area contributed by atoms with Crippen LogP contribution in [0.25, 0.3) is 0 Å². The van der Waals surface area contributed by atoms with Crippen molar-refractivity contribution in [1.82, 2.24) is 19.7 Å². The Hall–Kier alpha value is -1.75. The largest absolute Gasteiger partial charge is 0.292 e. The van der Waals surface area contributed by atoms with E-state index in [0.29, 0.717) is 23.1 Å². The average Bonchev–Trinajstić information content (AvgIpc) is 2.66. The van der Waals surface area contributed by atoms with Gasteiger partial charge in [0, 0.05) is 12.7 Å². The molecule has 0 spiro atoms. The van der Waals surface area contributed by atoms with E-state index in [-0.39, 0.29) is 12.2 Å². The van der Waals surface area contributed by atoms with Crippen LogP contribution in [0.4, 0.5) is 0 Å². The summed E-state index contributed by atoms with van der Waals surface area (Å²) in [6.07, 6.45) is 1.78. The van der Waals surface area contributed by atoms with Crippen LogP contribution in [0.5, 0.6) is 0 Å². The maximum Gasteiger partial charge on any atom is 0.187 e. The minimum atomic E-state index is -0.0815. The van der Waals surface area contributed by atoms with Crippen LogP contribution in [0.2, 0.25) is 5.02 Å². The number of hydrogen-bond acceptors (Lipinski definition) is 4. The van der Waals surface area contributed by atoms with Crippen LogP contribution in [0.3, 0.4) is 0 Å². The third-order valence-electron chi connectivity index (χ3n) is 2.84. The monoisotopic (exact) mass is 278 g/mol. The topological polar surface area (TPSA) is 60.7 Å². The van der Waals surface area contributed by atoms with Crippen molar-refractivity contribution in [3.63, 3.8) is 0 Å². The first-order valence-corrected chi connectivity index (χ1v) is 6.45. The van der Waals surface area contributed by atoms with Crippen LogP contribution >= 0.6 is 11.6 Å². The van der Waals surface area contributed by atoms with Gasteiger partial charge in [-0.15, -0.1) is 0 Å². The molecule has 0 radical (unpaired) electrons. The molecule has 2 rings (SSSR count). The van der Waals surface area contributed by atoms with Gasteiger partial charge in [-0.3, -0.25) is 9.48 Å². The smallest absolute Gasteiger partial charge is 0.187 e. The highest BCUT2D eigenvalue weighted by Crippen LogP contribution is 2.21. The predicted octanol–water partition coefficient (Wildman–Crippen LogP) is 2.39. The highest BCUT2D eigenvalue weighted by Gasteiger charge is 2.17. The molecule has 0 aliphatic rings. The van der Waals surface area contributed by atoms with Crippen molar-refractivity contribution in [2.75, 3.05) is 0 Å². The first kappa shape index (κ1) is 13.7. The molecule has 0 aromatic carbocycles. The third kappa shape index (κ3) is 2.81. The lowest BCUT2D eigenvalue weighted by atomic mass is 10.1. The Balaban J connectivity index is 2.29. The fourth-order valence-corrected chi connectivity index (χ4v) is 2.09. The van der Waals surface area contributed by atoms with Crippen LogP contribution in [0.15, 0.2) is 12.3 Å². The van der Waals surface area contributed by atoms with E-state index < -0.39 is 0 Å². The molecule has 0 saturated heterocycles. The number of halogens is 1. The summed E-state index contributed by atoms with van der Waals surface area (Å²) in [4.78, 5) is 20.3. The molecule has 0 aliphatic carbocycles. The van der Waals surface area contributed by atoms with Gasteiger partial charge in [0.25, 0.3) is 0 Å². The van der Waals surface area contributed by atoms with Crippen LogP contribution < -0.4 is 0 Å². The molecule has 2 heterocycles. The lowest BCUT2D eigenvalue weighted by Crippen LogP contribution is -2.12. The Morgan fingerprint density at radius 3 is 2.79 bits per heavy atom. The highest BCUT2D eigenvalue weighted by atomic mass is 35.5. The molecule has 0 saturated carbocycles. The number of nitrogens with zero attached hydrogens (tertiary/aromatic N) is 4. The second kappa shape index (κ2) is 5.48. The maximum atomic E-state index is 12.2. The lowest BCUT2D eigenvalue weighted by Gasteiger charge is -2.05. The van der Waals surface area contributed by atoms with Crippen molar-refractivity contribution in [3.8, 4) is 0 Å². The zero-order valence-corrected chi connectivity index (χ0v) is 11.9. The predicted molar refractivity (Wildman–Crippen MR) is 72.5 cm³/mol.